The van der Waals surface area contributed by atoms with E-state index in [0.717, 1.165) is 16.3 Å². The average molecular weight is 183 g/mol. The lowest BCUT2D eigenvalue weighted by molar-refractivity contribution is 0.481. The third-order valence-electron chi connectivity index (χ3n) is 2.26. The molecule has 1 N–H and O–H groups in total. The number of hydrogen-bond acceptors (Lipinski definition) is 2. The Morgan fingerprint density at radius 3 is 2.50 bits per heavy atom. The van der Waals surface area contributed by atoms with E-state index in [-0.39, 0.29) is 5.75 Å². The van der Waals surface area contributed by atoms with Crippen LogP contribution in [-0.2, 0) is 6.42 Å². The van der Waals surface area contributed by atoms with Crippen molar-refractivity contribution >= 4 is 10.8 Å². The van der Waals surface area contributed by atoms with Crippen molar-refractivity contribution in [1.82, 2.24) is 0 Å². The monoisotopic (exact) mass is 183 g/mol. The number of fused-ring (bicyclic) bond motifs is 1. The van der Waals surface area contributed by atoms with E-state index in [0.29, 0.717) is 6.42 Å². The van der Waals surface area contributed by atoms with E-state index >= 15 is 0 Å². The molecule has 0 radical (unpaired) electrons. The van der Waals surface area contributed by atoms with Gasteiger partial charge in [0.25, 0.3) is 0 Å². The lowest BCUT2D eigenvalue weighted by Gasteiger charge is -2.04. The third kappa shape index (κ3) is 1.29. The fourth-order valence-electron chi connectivity index (χ4n) is 1.58. The number of phenols is 1. The van der Waals surface area contributed by atoms with Gasteiger partial charge in [0.15, 0.2) is 0 Å². The third-order valence-corrected chi connectivity index (χ3v) is 2.26. The van der Waals surface area contributed by atoms with E-state index in [4.69, 9.17) is 5.26 Å². The molecule has 2 nitrogen and oxygen atoms in total. The van der Waals surface area contributed by atoms with E-state index in [1.165, 1.54) is 0 Å². The molecule has 0 heterocycles. The number of hydrogen-bond donors (Lipinski definition) is 1. The van der Waals surface area contributed by atoms with Crippen LogP contribution in [0.15, 0.2) is 36.4 Å². The standard InChI is InChI=1S/C12H9NO/c13-8-7-9-5-6-12(14)11-4-2-1-3-10(9)11/h1-6,14H,7H2. The first-order valence-corrected chi connectivity index (χ1v) is 4.39. The van der Waals surface area contributed by atoms with Crippen LogP contribution in [-0.4, -0.2) is 5.11 Å². The summed E-state index contributed by atoms with van der Waals surface area (Å²) in [4.78, 5) is 0. The predicted molar refractivity (Wildman–Crippen MR) is 54.9 cm³/mol. The van der Waals surface area contributed by atoms with Crippen molar-refractivity contribution in [2.75, 3.05) is 0 Å². The van der Waals surface area contributed by atoms with E-state index in [9.17, 15) is 5.11 Å². The summed E-state index contributed by atoms with van der Waals surface area (Å²) in [6, 6.07) is 13.1. The summed E-state index contributed by atoms with van der Waals surface area (Å²) >= 11 is 0. The molecule has 0 aromatic heterocycles. The molecule has 0 fully saturated rings. The molecule has 0 atom stereocenters. The second-order valence-corrected chi connectivity index (χ2v) is 3.12. The van der Waals surface area contributed by atoms with Crippen LogP contribution in [0.2, 0.25) is 0 Å². The van der Waals surface area contributed by atoms with Gasteiger partial charge in [-0.05, 0) is 17.0 Å². The van der Waals surface area contributed by atoms with Crippen molar-refractivity contribution in [3.05, 3.63) is 42.0 Å². The van der Waals surface area contributed by atoms with Crippen LogP contribution in [0.1, 0.15) is 5.56 Å². The molecule has 2 aromatic rings. The highest BCUT2D eigenvalue weighted by Crippen LogP contribution is 2.27. The number of aromatic hydroxyl groups is 1. The molecule has 0 unspecified atom stereocenters. The molecule has 0 amide bonds. The molecular weight excluding hydrogens is 174 g/mol. The Hall–Kier alpha value is -2.01. The Balaban J connectivity index is 2.76. The fourth-order valence-corrected chi connectivity index (χ4v) is 1.58. The lowest BCUT2D eigenvalue weighted by Crippen LogP contribution is -1.84. The first-order valence-electron chi connectivity index (χ1n) is 4.39. The molecule has 0 saturated heterocycles. The number of phenolic OH excluding ortho intramolecular Hbond substituents is 1. The maximum atomic E-state index is 9.58. The smallest absolute Gasteiger partial charge is 0.123 e. The van der Waals surface area contributed by atoms with Gasteiger partial charge in [0.2, 0.25) is 0 Å². The zero-order valence-corrected chi connectivity index (χ0v) is 7.57. The molecule has 68 valence electrons. The van der Waals surface area contributed by atoms with Crippen LogP contribution < -0.4 is 0 Å². The number of nitriles is 1. The minimum atomic E-state index is 0.266. The Morgan fingerprint density at radius 2 is 1.79 bits per heavy atom. The summed E-state index contributed by atoms with van der Waals surface area (Å²) in [5.41, 5.74) is 0.959. The molecular formula is C12H9NO. The van der Waals surface area contributed by atoms with Crippen molar-refractivity contribution in [3.63, 3.8) is 0 Å². The molecule has 0 aliphatic heterocycles. The number of rotatable bonds is 1. The minimum absolute atomic E-state index is 0.266. The van der Waals surface area contributed by atoms with Crippen LogP contribution in [0.3, 0.4) is 0 Å². The van der Waals surface area contributed by atoms with Gasteiger partial charge in [0.1, 0.15) is 5.75 Å². The van der Waals surface area contributed by atoms with Crippen LogP contribution in [0.25, 0.3) is 10.8 Å². The summed E-state index contributed by atoms with van der Waals surface area (Å²) in [7, 11) is 0. The lowest BCUT2D eigenvalue weighted by atomic mass is 10.0. The van der Waals surface area contributed by atoms with E-state index < -0.39 is 0 Å². The zero-order chi connectivity index (χ0) is 9.97. The van der Waals surface area contributed by atoms with Crippen molar-refractivity contribution in [1.29, 1.82) is 5.26 Å². The highest BCUT2D eigenvalue weighted by molar-refractivity contribution is 5.90. The maximum absolute atomic E-state index is 9.58. The van der Waals surface area contributed by atoms with Gasteiger partial charge in [0.05, 0.1) is 12.5 Å². The summed E-state index contributed by atoms with van der Waals surface area (Å²) in [6.07, 6.45) is 0.376. The Labute approximate surface area is 82.0 Å². The molecule has 2 aromatic carbocycles. The maximum Gasteiger partial charge on any atom is 0.123 e. The Morgan fingerprint density at radius 1 is 1.07 bits per heavy atom. The highest BCUT2D eigenvalue weighted by atomic mass is 16.3. The zero-order valence-electron chi connectivity index (χ0n) is 7.57. The Bertz CT molecular complexity index is 511. The Kier molecular flexibility index (Phi) is 2.08. The van der Waals surface area contributed by atoms with Crippen molar-refractivity contribution < 1.29 is 5.11 Å². The topological polar surface area (TPSA) is 44.0 Å². The summed E-state index contributed by atoms with van der Waals surface area (Å²) in [6.45, 7) is 0. The molecule has 0 bridgehead atoms. The van der Waals surface area contributed by atoms with E-state index in [1.54, 1.807) is 12.1 Å². The van der Waals surface area contributed by atoms with Gasteiger partial charge >= 0.3 is 0 Å². The molecule has 2 heteroatoms. The predicted octanol–water partition coefficient (Wildman–Crippen LogP) is 2.61. The van der Waals surface area contributed by atoms with Crippen molar-refractivity contribution in [2.45, 2.75) is 6.42 Å². The van der Waals surface area contributed by atoms with Crippen LogP contribution in [0.5, 0.6) is 5.75 Å². The van der Waals surface area contributed by atoms with Gasteiger partial charge in [-0.2, -0.15) is 5.26 Å². The summed E-state index contributed by atoms with van der Waals surface area (Å²) < 4.78 is 0. The molecule has 0 saturated carbocycles. The summed E-state index contributed by atoms with van der Waals surface area (Å²) in [5.74, 6) is 0.266. The van der Waals surface area contributed by atoms with E-state index in [1.807, 2.05) is 24.3 Å². The number of benzene rings is 2. The largest absolute Gasteiger partial charge is 0.507 e. The second kappa shape index (κ2) is 3.39. The van der Waals surface area contributed by atoms with Gasteiger partial charge in [-0.25, -0.2) is 0 Å². The van der Waals surface area contributed by atoms with Gasteiger partial charge in [-0.15, -0.1) is 0 Å². The van der Waals surface area contributed by atoms with Crippen molar-refractivity contribution in [3.8, 4) is 11.8 Å². The summed E-state index contributed by atoms with van der Waals surface area (Å²) in [5, 5.41) is 20.0. The van der Waals surface area contributed by atoms with Gasteiger partial charge < -0.3 is 5.11 Å². The molecule has 14 heavy (non-hydrogen) atoms. The molecule has 0 spiro atoms. The molecule has 0 aliphatic carbocycles. The molecule has 2 rings (SSSR count). The van der Waals surface area contributed by atoms with E-state index in [2.05, 4.69) is 6.07 Å². The van der Waals surface area contributed by atoms with Gasteiger partial charge in [-0.3, -0.25) is 0 Å². The molecule has 0 aliphatic rings. The first kappa shape index (κ1) is 8.58. The fraction of sp³-hybridized carbons (Fsp3) is 0.0833. The number of nitrogens with zero attached hydrogens (tertiary/aromatic N) is 1. The normalized spacial score (nSPS) is 9.93. The van der Waals surface area contributed by atoms with Crippen LogP contribution in [0, 0.1) is 11.3 Å². The minimum Gasteiger partial charge on any atom is -0.507 e. The quantitative estimate of drug-likeness (QED) is 0.738. The van der Waals surface area contributed by atoms with Crippen molar-refractivity contribution in [2.24, 2.45) is 0 Å². The SMILES string of the molecule is N#CCc1ccc(O)c2ccccc12. The van der Waals surface area contributed by atoms with Gasteiger partial charge in [0, 0.05) is 5.39 Å². The van der Waals surface area contributed by atoms with Crippen LogP contribution in [0.4, 0.5) is 0 Å². The van der Waals surface area contributed by atoms with Gasteiger partial charge in [-0.1, -0.05) is 30.3 Å². The second-order valence-electron chi connectivity index (χ2n) is 3.12. The highest BCUT2D eigenvalue weighted by Gasteiger charge is 2.03. The van der Waals surface area contributed by atoms with Crippen LogP contribution >= 0.6 is 0 Å². The average Bonchev–Trinajstić information content (AvgIpc) is 2.23. The first-order chi connectivity index (χ1) is 6.83.